The highest BCUT2D eigenvalue weighted by Crippen LogP contribution is 2.28. The van der Waals surface area contributed by atoms with Gasteiger partial charge >= 0.3 is 5.97 Å². The van der Waals surface area contributed by atoms with E-state index in [1.807, 2.05) is 19.1 Å². The molecule has 0 spiro atoms. The Morgan fingerprint density at radius 3 is 2.50 bits per heavy atom. The molecule has 112 valence electrons. The van der Waals surface area contributed by atoms with Crippen LogP contribution in [0.15, 0.2) is 24.3 Å². The number of carboxylic acid groups (broad SMARTS) is 1. The SMILES string of the molecule is CCC(c1ccccc1F)N(CCCC(=O)O)C(C)C. The van der Waals surface area contributed by atoms with Crippen LogP contribution in [0.1, 0.15) is 51.6 Å². The van der Waals surface area contributed by atoms with Crippen LogP contribution >= 0.6 is 0 Å². The van der Waals surface area contributed by atoms with Crippen molar-refractivity contribution in [2.45, 2.75) is 52.1 Å². The van der Waals surface area contributed by atoms with E-state index in [0.29, 0.717) is 18.5 Å². The van der Waals surface area contributed by atoms with Crippen LogP contribution in [0.5, 0.6) is 0 Å². The minimum Gasteiger partial charge on any atom is -0.481 e. The molecule has 1 unspecified atom stereocenters. The summed E-state index contributed by atoms with van der Waals surface area (Å²) in [4.78, 5) is 12.8. The molecular formula is C16H24FNO2. The summed E-state index contributed by atoms with van der Waals surface area (Å²) in [5.74, 6) is -0.976. The first-order valence-corrected chi connectivity index (χ1v) is 7.19. The van der Waals surface area contributed by atoms with Gasteiger partial charge in [0, 0.05) is 24.1 Å². The van der Waals surface area contributed by atoms with E-state index in [-0.39, 0.29) is 24.3 Å². The van der Waals surface area contributed by atoms with Crippen LogP contribution in [0.2, 0.25) is 0 Å². The third-order valence-electron chi connectivity index (χ3n) is 3.52. The van der Waals surface area contributed by atoms with Gasteiger partial charge in [0.25, 0.3) is 0 Å². The standard InChI is InChI=1S/C16H24FNO2/c1-4-15(13-8-5-6-9-14(13)17)18(12(2)3)11-7-10-16(19)20/h5-6,8-9,12,15H,4,7,10-11H2,1-3H3,(H,19,20). The number of benzene rings is 1. The molecule has 3 nitrogen and oxygen atoms in total. The topological polar surface area (TPSA) is 40.5 Å². The molecule has 1 aromatic rings. The number of nitrogens with zero attached hydrogens (tertiary/aromatic N) is 1. The summed E-state index contributed by atoms with van der Waals surface area (Å²) in [5.41, 5.74) is 0.694. The Balaban J connectivity index is 2.87. The molecule has 0 fully saturated rings. The quantitative estimate of drug-likeness (QED) is 0.786. The van der Waals surface area contributed by atoms with Crippen molar-refractivity contribution < 1.29 is 14.3 Å². The van der Waals surface area contributed by atoms with Gasteiger partial charge in [-0.2, -0.15) is 0 Å². The summed E-state index contributed by atoms with van der Waals surface area (Å²) in [7, 11) is 0. The van der Waals surface area contributed by atoms with Gasteiger partial charge in [-0.3, -0.25) is 9.69 Å². The Kier molecular flexibility index (Phi) is 6.65. The first-order valence-electron chi connectivity index (χ1n) is 7.19. The summed E-state index contributed by atoms with van der Waals surface area (Å²) < 4.78 is 14.0. The van der Waals surface area contributed by atoms with E-state index < -0.39 is 5.97 Å². The molecule has 0 amide bonds. The molecule has 4 heteroatoms. The molecule has 1 N–H and O–H groups in total. The Bertz CT molecular complexity index is 434. The largest absolute Gasteiger partial charge is 0.481 e. The van der Waals surface area contributed by atoms with E-state index in [4.69, 9.17) is 5.11 Å². The fourth-order valence-corrected chi connectivity index (χ4v) is 2.57. The lowest BCUT2D eigenvalue weighted by atomic mass is 10.00. The average Bonchev–Trinajstić information content (AvgIpc) is 2.39. The molecule has 1 rings (SSSR count). The molecule has 0 saturated heterocycles. The van der Waals surface area contributed by atoms with Crippen molar-refractivity contribution >= 4 is 5.97 Å². The molecule has 1 aromatic carbocycles. The molecule has 0 heterocycles. The summed E-state index contributed by atoms with van der Waals surface area (Å²) >= 11 is 0. The minimum atomic E-state index is -0.785. The predicted molar refractivity (Wildman–Crippen MR) is 78.1 cm³/mol. The van der Waals surface area contributed by atoms with E-state index in [1.54, 1.807) is 6.07 Å². The second-order valence-electron chi connectivity index (χ2n) is 5.27. The van der Waals surface area contributed by atoms with Gasteiger partial charge < -0.3 is 5.11 Å². The van der Waals surface area contributed by atoms with Gasteiger partial charge in [0.2, 0.25) is 0 Å². The van der Waals surface area contributed by atoms with Crippen molar-refractivity contribution in [3.8, 4) is 0 Å². The number of rotatable bonds is 8. The van der Waals surface area contributed by atoms with Crippen molar-refractivity contribution in [3.63, 3.8) is 0 Å². The highest BCUT2D eigenvalue weighted by Gasteiger charge is 2.23. The number of halogens is 1. The van der Waals surface area contributed by atoms with Crippen LogP contribution in [0.3, 0.4) is 0 Å². The van der Waals surface area contributed by atoms with Gasteiger partial charge in [0.05, 0.1) is 0 Å². The van der Waals surface area contributed by atoms with E-state index in [2.05, 4.69) is 18.7 Å². The monoisotopic (exact) mass is 281 g/mol. The average molecular weight is 281 g/mol. The van der Waals surface area contributed by atoms with Crippen molar-refractivity contribution in [3.05, 3.63) is 35.6 Å². The van der Waals surface area contributed by atoms with Gasteiger partial charge in [-0.25, -0.2) is 4.39 Å². The molecule has 0 aromatic heterocycles. The van der Waals surface area contributed by atoms with E-state index in [9.17, 15) is 9.18 Å². The van der Waals surface area contributed by atoms with E-state index in [0.717, 1.165) is 6.42 Å². The zero-order valence-corrected chi connectivity index (χ0v) is 12.5. The van der Waals surface area contributed by atoms with Gasteiger partial charge in [-0.15, -0.1) is 0 Å². The lowest BCUT2D eigenvalue weighted by Gasteiger charge is -2.35. The maximum Gasteiger partial charge on any atom is 0.303 e. The molecule has 20 heavy (non-hydrogen) atoms. The number of hydrogen-bond acceptors (Lipinski definition) is 2. The zero-order valence-electron chi connectivity index (χ0n) is 12.5. The molecule has 1 atom stereocenters. The van der Waals surface area contributed by atoms with E-state index >= 15 is 0 Å². The zero-order chi connectivity index (χ0) is 15.1. The van der Waals surface area contributed by atoms with Gasteiger partial charge in [0.15, 0.2) is 0 Å². The van der Waals surface area contributed by atoms with Crippen molar-refractivity contribution in [2.24, 2.45) is 0 Å². The lowest BCUT2D eigenvalue weighted by molar-refractivity contribution is -0.137. The first kappa shape index (κ1) is 16.6. The summed E-state index contributed by atoms with van der Waals surface area (Å²) in [6.07, 6.45) is 1.53. The van der Waals surface area contributed by atoms with Crippen LogP contribution < -0.4 is 0 Å². The maximum absolute atomic E-state index is 14.0. The second kappa shape index (κ2) is 8.00. The Hall–Kier alpha value is -1.42. The highest BCUT2D eigenvalue weighted by molar-refractivity contribution is 5.66. The second-order valence-corrected chi connectivity index (χ2v) is 5.27. The molecule has 0 aliphatic rings. The fourth-order valence-electron chi connectivity index (χ4n) is 2.57. The summed E-state index contributed by atoms with van der Waals surface area (Å²) in [5, 5.41) is 8.74. The smallest absolute Gasteiger partial charge is 0.303 e. The van der Waals surface area contributed by atoms with Crippen LogP contribution in [-0.4, -0.2) is 28.6 Å². The van der Waals surface area contributed by atoms with Gasteiger partial charge in [-0.05, 0) is 39.3 Å². The van der Waals surface area contributed by atoms with Crippen molar-refractivity contribution in [2.75, 3.05) is 6.54 Å². The van der Waals surface area contributed by atoms with Crippen LogP contribution in [0.4, 0.5) is 4.39 Å². The summed E-state index contributed by atoms with van der Waals surface area (Å²) in [6, 6.07) is 7.06. The molecule has 0 radical (unpaired) electrons. The number of aliphatic carboxylic acids is 1. The third-order valence-corrected chi connectivity index (χ3v) is 3.52. The normalized spacial score (nSPS) is 12.9. The molecule has 0 aliphatic carbocycles. The van der Waals surface area contributed by atoms with Crippen LogP contribution in [0.25, 0.3) is 0 Å². The van der Waals surface area contributed by atoms with Crippen LogP contribution in [-0.2, 0) is 4.79 Å². The maximum atomic E-state index is 14.0. The number of carboxylic acids is 1. The van der Waals surface area contributed by atoms with E-state index in [1.165, 1.54) is 6.07 Å². The fraction of sp³-hybridized carbons (Fsp3) is 0.562. The predicted octanol–water partition coefficient (Wildman–Crippen LogP) is 3.85. The molecule has 0 saturated carbocycles. The Morgan fingerprint density at radius 1 is 1.35 bits per heavy atom. The Labute approximate surface area is 120 Å². The third kappa shape index (κ3) is 4.60. The Morgan fingerprint density at radius 2 is 2.00 bits per heavy atom. The van der Waals surface area contributed by atoms with Crippen molar-refractivity contribution in [1.82, 2.24) is 4.90 Å². The number of carbonyl (C=O) groups is 1. The summed E-state index contributed by atoms with van der Waals surface area (Å²) in [6.45, 7) is 6.81. The number of hydrogen-bond donors (Lipinski definition) is 1. The highest BCUT2D eigenvalue weighted by atomic mass is 19.1. The lowest BCUT2D eigenvalue weighted by Crippen LogP contribution is -2.36. The molecule has 0 aliphatic heterocycles. The first-order chi connectivity index (χ1) is 9.47. The van der Waals surface area contributed by atoms with Gasteiger partial charge in [-0.1, -0.05) is 25.1 Å². The molecular weight excluding hydrogens is 257 g/mol. The minimum absolute atomic E-state index is 0.00926. The van der Waals surface area contributed by atoms with Crippen molar-refractivity contribution in [1.29, 1.82) is 0 Å². The van der Waals surface area contributed by atoms with Crippen LogP contribution in [0, 0.1) is 5.82 Å². The van der Waals surface area contributed by atoms with Gasteiger partial charge in [0.1, 0.15) is 5.82 Å². The molecule has 0 bridgehead atoms.